The number of ether oxygens (including phenoxy) is 1. The first-order valence-electron chi connectivity index (χ1n) is 12.7. The summed E-state index contributed by atoms with van der Waals surface area (Å²) in [7, 11) is 1.66. The third-order valence-corrected chi connectivity index (χ3v) is 6.92. The van der Waals surface area contributed by atoms with E-state index in [2.05, 4.69) is 23.2 Å². The molecule has 1 aliphatic heterocycles. The van der Waals surface area contributed by atoms with E-state index < -0.39 is 0 Å². The molecule has 5 aromatic rings. The zero-order valence-corrected chi connectivity index (χ0v) is 21.5. The number of pyridine rings is 1. The summed E-state index contributed by atoms with van der Waals surface area (Å²) in [5, 5.41) is 5.73. The number of hydrogen-bond acceptors (Lipinski definition) is 6. The molecule has 0 spiro atoms. The molecule has 1 fully saturated rings. The van der Waals surface area contributed by atoms with Crippen LogP contribution < -0.4 is 9.64 Å². The van der Waals surface area contributed by atoms with Gasteiger partial charge >= 0.3 is 0 Å². The van der Waals surface area contributed by atoms with E-state index in [9.17, 15) is 4.79 Å². The highest BCUT2D eigenvalue weighted by Crippen LogP contribution is 2.26. The SMILES string of the molecule is COc1ccc(Cn2nc(C)c3cc(-c4cncc(Cc5cccc(N6CCCC6=O)c5)n4)cnc32)cc1. The Labute approximate surface area is 220 Å². The Bertz CT molecular complexity index is 1630. The van der Waals surface area contributed by atoms with Gasteiger partial charge in [-0.05, 0) is 54.8 Å². The first-order valence-corrected chi connectivity index (χ1v) is 12.7. The van der Waals surface area contributed by atoms with Gasteiger partial charge in [0.2, 0.25) is 5.91 Å². The van der Waals surface area contributed by atoms with Gasteiger partial charge in [-0.2, -0.15) is 5.10 Å². The third-order valence-electron chi connectivity index (χ3n) is 6.92. The fraction of sp³-hybridized carbons (Fsp3) is 0.233. The Hall–Kier alpha value is -4.59. The van der Waals surface area contributed by atoms with Crippen molar-refractivity contribution in [2.24, 2.45) is 0 Å². The molecule has 0 unspecified atom stereocenters. The molecular formula is C30H28N6O2. The molecule has 2 aromatic carbocycles. The molecule has 8 nitrogen and oxygen atoms in total. The average molecular weight is 505 g/mol. The number of aryl methyl sites for hydroxylation is 1. The van der Waals surface area contributed by atoms with Crippen LogP contribution in [0.4, 0.5) is 5.69 Å². The van der Waals surface area contributed by atoms with E-state index in [1.165, 1.54) is 0 Å². The van der Waals surface area contributed by atoms with E-state index in [-0.39, 0.29) is 5.91 Å². The Balaban J connectivity index is 1.24. The van der Waals surface area contributed by atoms with Crippen molar-refractivity contribution in [3.8, 4) is 17.0 Å². The molecule has 0 bridgehead atoms. The quantitative estimate of drug-likeness (QED) is 0.311. The second kappa shape index (κ2) is 10.0. The minimum Gasteiger partial charge on any atom is -0.497 e. The lowest BCUT2D eigenvalue weighted by Gasteiger charge is -2.16. The largest absolute Gasteiger partial charge is 0.497 e. The van der Waals surface area contributed by atoms with Crippen molar-refractivity contribution >= 4 is 22.6 Å². The number of hydrogen-bond donors (Lipinski definition) is 0. The molecule has 0 atom stereocenters. The van der Waals surface area contributed by atoms with Gasteiger partial charge in [0.05, 0.1) is 36.9 Å². The summed E-state index contributed by atoms with van der Waals surface area (Å²) < 4.78 is 7.19. The van der Waals surface area contributed by atoms with Crippen molar-refractivity contribution in [1.82, 2.24) is 24.7 Å². The predicted molar refractivity (Wildman–Crippen MR) is 146 cm³/mol. The molecule has 1 amide bonds. The number of rotatable bonds is 7. The standard InChI is InChI=1S/C30H28N6O2/c1-20-27-15-23(16-32-30(27)36(34-20)19-21-8-10-26(38-2)11-9-21)28-18-31-17-24(33-28)13-22-5-3-6-25(14-22)35-12-4-7-29(35)37/h3,5-6,8-11,14-18H,4,7,12-13,19H2,1-2H3. The van der Waals surface area contributed by atoms with Crippen molar-refractivity contribution < 1.29 is 9.53 Å². The molecule has 0 saturated carbocycles. The number of carbonyl (C=O) groups excluding carboxylic acids is 1. The van der Waals surface area contributed by atoms with Gasteiger partial charge in [-0.25, -0.2) is 14.6 Å². The van der Waals surface area contributed by atoms with Gasteiger partial charge in [0, 0.05) is 48.4 Å². The van der Waals surface area contributed by atoms with Gasteiger partial charge < -0.3 is 9.64 Å². The molecule has 38 heavy (non-hydrogen) atoms. The van der Waals surface area contributed by atoms with Gasteiger partial charge in [-0.3, -0.25) is 9.78 Å². The van der Waals surface area contributed by atoms with Crippen molar-refractivity contribution in [2.45, 2.75) is 32.7 Å². The van der Waals surface area contributed by atoms with E-state index in [1.54, 1.807) is 19.5 Å². The van der Waals surface area contributed by atoms with Crippen LogP contribution in [0.2, 0.25) is 0 Å². The number of carbonyl (C=O) groups is 1. The molecule has 0 aliphatic carbocycles. The minimum absolute atomic E-state index is 0.189. The zero-order valence-electron chi connectivity index (χ0n) is 21.5. The molecular weight excluding hydrogens is 476 g/mol. The lowest BCUT2D eigenvalue weighted by atomic mass is 10.1. The monoisotopic (exact) mass is 504 g/mol. The highest BCUT2D eigenvalue weighted by atomic mass is 16.5. The molecule has 8 heteroatoms. The Morgan fingerprint density at radius 2 is 1.87 bits per heavy atom. The molecule has 1 saturated heterocycles. The third kappa shape index (κ3) is 4.72. The maximum atomic E-state index is 12.2. The van der Waals surface area contributed by atoms with Crippen molar-refractivity contribution in [1.29, 1.82) is 0 Å². The van der Waals surface area contributed by atoms with E-state index in [1.807, 2.05) is 59.1 Å². The Morgan fingerprint density at radius 3 is 2.66 bits per heavy atom. The molecule has 0 radical (unpaired) electrons. The summed E-state index contributed by atoms with van der Waals surface area (Å²) in [6.45, 7) is 3.40. The fourth-order valence-electron chi connectivity index (χ4n) is 4.96. The smallest absolute Gasteiger partial charge is 0.227 e. The van der Waals surface area contributed by atoms with Crippen LogP contribution in [0.25, 0.3) is 22.3 Å². The lowest BCUT2D eigenvalue weighted by Crippen LogP contribution is -2.23. The number of aromatic nitrogens is 5. The number of fused-ring (bicyclic) bond motifs is 1. The predicted octanol–water partition coefficient (Wildman–Crippen LogP) is 4.97. The van der Waals surface area contributed by atoms with Gasteiger partial charge in [-0.1, -0.05) is 24.3 Å². The topological polar surface area (TPSA) is 86.0 Å². The molecule has 4 heterocycles. The van der Waals surface area contributed by atoms with E-state index in [0.717, 1.165) is 69.2 Å². The maximum Gasteiger partial charge on any atom is 0.227 e. The van der Waals surface area contributed by atoms with Crippen molar-refractivity contribution in [3.05, 3.63) is 95.7 Å². The first kappa shape index (κ1) is 23.8. The van der Waals surface area contributed by atoms with Crippen LogP contribution in [-0.4, -0.2) is 44.3 Å². The molecule has 1 aliphatic rings. The highest BCUT2D eigenvalue weighted by molar-refractivity contribution is 5.95. The van der Waals surface area contributed by atoms with Crippen LogP contribution in [-0.2, 0) is 17.8 Å². The van der Waals surface area contributed by atoms with Gasteiger partial charge in [0.25, 0.3) is 0 Å². The molecule has 0 N–H and O–H groups in total. The van der Waals surface area contributed by atoms with Crippen LogP contribution in [0.5, 0.6) is 5.75 Å². The Kier molecular flexibility index (Phi) is 6.29. The van der Waals surface area contributed by atoms with Gasteiger partial charge in [0.1, 0.15) is 5.75 Å². The fourth-order valence-corrected chi connectivity index (χ4v) is 4.96. The van der Waals surface area contributed by atoms with Crippen LogP contribution in [0.3, 0.4) is 0 Å². The summed E-state index contributed by atoms with van der Waals surface area (Å²) in [5.41, 5.74) is 7.45. The van der Waals surface area contributed by atoms with Crippen LogP contribution in [0.1, 0.15) is 35.4 Å². The van der Waals surface area contributed by atoms with Gasteiger partial charge in [-0.15, -0.1) is 0 Å². The van der Waals surface area contributed by atoms with Crippen molar-refractivity contribution in [3.63, 3.8) is 0 Å². The van der Waals surface area contributed by atoms with E-state index >= 15 is 0 Å². The first-order chi connectivity index (χ1) is 18.6. The normalized spacial score (nSPS) is 13.4. The zero-order chi connectivity index (χ0) is 26.1. The maximum absolute atomic E-state index is 12.2. The second-order valence-electron chi connectivity index (χ2n) is 9.58. The summed E-state index contributed by atoms with van der Waals surface area (Å²) in [6, 6.07) is 18.2. The average Bonchev–Trinajstić information content (AvgIpc) is 3.51. The summed E-state index contributed by atoms with van der Waals surface area (Å²) in [6.07, 6.45) is 7.56. The molecule has 6 rings (SSSR count). The second-order valence-corrected chi connectivity index (χ2v) is 9.58. The van der Waals surface area contributed by atoms with E-state index in [4.69, 9.17) is 19.8 Å². The number of benzene rings is 2. The summed E-state index contributed by atoms with van der Waals surface area (Å²) in [5.74, 6) is 1.02. The summed E-state index contributed by atoms with van der Waals surface area (Å²) >= 11 is 0. The number of methoxy groups -OCH3 is 1. The number of anilines is 1. The van der Waals surface area contributed by atoms with Crippen LogP contribution in [0.15, 0.2) is 73.2 Å². The molecule has 3 aromatic heterocycles. The van der Waals surface area contributed by atoms with E-state index in [0.29, 0.717) is 19.4 Å². The van der Waals surface area contributed by atoms with Gasteiger partial charge in [0.15, 0.2) is 5.65 Å². The van der Waals surface area contributed by atoms with Crippen LogP contribution >= 0.6 is 0 Å². The number of amides is 1. The summed E-state index contributed by atoms with van der Waals surface area (Å²) in [4.78, 5) is 28.1. The van der Waals surface area contributed by atoms with Crippen LogP contribution in [0, 0.1) is 6.92 Å². The lowest BCUT2D eigenvalue weighted by molar-refractivity contribution is -0.117. The van der Waals surface area contributed by atoms with Crippen molar-refractivity contribution in [2.75, 3.05) is 18.6 Å². The number of nitrogens with zero attached hydrogens (tertiary/aromatic N) is 6. The molecule has 190 valence electrons. The minimum atomic E-state index is 0.189. The highest BCUT2D eigenvalue weighted by Gasteiger charge is 2.21. The Morgan fingerprint density at radius 1 is 1.00 bits per heavy atom.